The molecule has 1 saturated carbocycles. The second kappa shape index (κ2) is 5.07. The van der Waals surface area contributed by atoms with Crippen molar-refractivity contribution < 1.29 is 14.3 Å². The number of amides is 1. The molecule has 17 heavy (non-hydrogen) atoms. The van der Waals surface area contributed by atoms with Gasteiger partial charge in [0.2, 0.25) is 5.91 Å². The smallest absolute Gasteiger partial charge is 0.309 e. The molecule has 0 aromatic rings. The molecule has 2 aliphatic rings. The first-order valence-corrected chi connectivity index (χ1v) is 6.50. The lowest BCUT2D eigenvalue weighted by Gasteiger charge is -2.39. The average molecular weight is 239 g/mol. The molecule has 96 valence electrons. The first-order valence-electron chi connectivity index (χ1n) is 6.50. The van der Waals surface area contributed by atoms with Crippen molar-refractivity contribution in [3.05, 3.63) is 0 Å². The summed E-state index contributed by atoms with van der Waals surface area (Å²) in [6.07, 6.45) is 3.81. The number of ether oxygens (including phenoxy) is 1. The lowest BCUT2D eigenvalue weighted by molar-refractivity contribution is -0.159. The quantitative estimate of drug-likeness (QED) is 0.685. The third-order valence-corrected chi connectivity index (χ3v) is 4.19. The number of hydrogen-bond acceptors (Lipinski definition) is 3. The van der Waals surface area contributed by atoms with Crippen LogP contribution >= 0.6 is 0 Å². The van der Waals surface area contributed by atoms with Crippen LogP contribution < -0.4 is 0 Å². The summed E-state index contributed by atoms with van der Waals surface area (Å²) in [5.41, 5.74) is 0. The van der Waals surface area contributed by atoms with E-state index < -0.39 is 0 Å². The summed E-state index contributed by atoms with van der Waals surface area (Å²) >= 11 is 0. The molecule has 4 heteroatoms. The van der Waals surface area contributed by atoms with E-state index in [1.807, 2.05) is 4.90 Å². The van der Waals surface area contributed by atoms with Gasteiger partial charge < -0.3 is 9.64 Å². The number of hydrogen-bond donors (Lipinski definition) is 0. The van der Waals surface area contributed by atoms with Crippen LogP contribution in [0.3, 0.4) is 0 Å². The molecule has 2 atom stereocenters. The standard InChI is InChI=1S/C13H21NO3/c1-9-5-7-14(8-6-9)12(15)10-3-4-11(10)13(16)17-2/h9-11H,3-8H2,1-2H3. The van der Waals surface area contributed by atoms with Crippen LogP contribution in [0.25, 0.3) is 0 Å². The molecule has 0 aromatic heterocycles. The van der Waals surface area contributed by atoms with Gasteiger partial charge in [0.25, 0.3) is 0 Å². The average Bonchev–Trinajstić information content (AvgIpc) is 2.28. The summed E-state index contributed by atoms with van der Waals surface area (Å²) in [4.78, 5) is 25.6. The van der Waals surface area contributed by atoms with Crippen LogP contribution in [0.15, 0.2) is 0 Å². The Balaban J connectivity index is 1.90. The van der Waals surface area contributed by atoms with Crippen molar-refractivity contribution in [1.29, 1.82) is 0 Å². The first-order chi connectivity index (χ1) is 8.13. The highest BCUT2D eigenvalue weighted by atomic mass is 16.5. The van der Waals surface area contributed by atoms with Gasteiger partial charge in [-0.05, 0) is 31.6 Å². The number of esters is 1. The lowest BCUT2D eigenvalue weighted by atomic mass is 9.72. The van der Waals surface area contributed by atoms with Crippen LogP contribution in [-0.2, 0) is 14.3 Å². The minimum absolute atomic E-state index is 0.115. The molecule has 1 saturated heterocycles. The van der Waals surface area contributed by atoms with Gasteiger partial charge in [0.1, 0.15) is 0 Å². The summed E-state index contributed by atoms with van der Waals surface area (Å²) in [7, 11) is 1.39. The highest BCUT2D eigenvalue weighted by Gasteiger charge is 2.43. The molecule has 2 fully saturated rings. The predicted molar refractivity (Wildman–Crippen MR) is 63.2 cm³/mol. The minimum Gasteiger partial charge on any atom is -0.469 e. The van der Waals surface area contributed by atoms with Crippen LogP contribution in [0.1, 0.15) is 32.6 Å². The van der Waals surface area contributed by atoms with Crippen molar-refractivity contribution in [3.8, 4) is 0 Å². The van der Waals surface area contributed by atoms with Gasteiger partial charge in [-0.2, -0.15) is 0 Å². The minimum atomic E-state index is -0.222. The fraction of sp³-hybridized carbons (Fsp3) is 0.846. The number of carbonyl (C=O) groups excluding carboxylic acids is 2. The van der Waals surface area contributed by atoms with Gasteiger partial charge in [0, 0.05) is 13.1 Å². The molecule has 0 spiro atoms. The molecule has 0 radical (unpaired) electrons. The van der Waals surface area contributed by atoms with E-state index >= 15 is 0 Å². The molecule has 1 heterocycles. The third kappa shape index (κ3) is 2.45. The van der Waals surface area contributed by atoms with Gasteiger partial charge in [0.05, 0.1) is 18.9 Å². The zero-order chi connectivity index (χ0) is 12.4. The molecule has 1 aliphatic heterocycles. The van der Waals surface area contributed by atoms with Crippen LogP contribution in [0, 0.1) is 17.8 Å². The third-order valence-electron chi connectivity index (χ3n) is 4.19. The summed E-state index contributed by atoms with van der Waals surface area (Å²) in [6.45, 7) is 3.93. The van der Waals surface area contributed by atoms with Crippen molar-refractivity contribution in [3.63, 3.8) is 0 Å². The van der Waals surface area contributed by atoms with E-state index in [1.54, 1.807) is 0 Å². The number of rotatable bonds is 2. The Bertz CT molecular complexity index is 308. The number of nitrogens with zero attached hydrogens (tertiary/aromatic N) is 1. The normalized spacial score (nSPS) is 29.6. The zero-order valence-corrected chi connectivity index (χ0v) is 10.6. The van der Waals surface area contributed by atoms with E-state index in [1.165, 1.54) is 7.11 Å². The maximum atomic E-state index is 12.2. The monoisotopic (exact) mass is 239 g/mol. The molecule has 0 bridgehead atoms. The van der Waals surface area contributed by atoms with E-state index in [-0.39, 0.29) is 23.7 Å². The Labute approximate surface area is 102 Å². The van der Waals surface area contributed by atoms with Gasteiger partial charge in [-0.1, -0.05) is 6.92 Å². The fourth-order valence-electron chi connectivity index (χ4n) is 2.69. The lowest BCUT2D eigenvalue weighted by Crippen LogP contribution is -2.48. The van der Waals surface area contributed by atoms with Gasteiger partial charge in [-0.3, -0.25) is 9.59 Å². The topological polar surface area (TPSA) is 46.6 Å². The van der Waals surface area contributed by atoms with Crippen LogP contribution in [0.4, 0.5) is 0 Å². The Morgan fingerprint density at radius 2 is 1.65 bits per heavy atom. The predicted octanol–water partition coefficient (Wildman–Crippen LogP) is 1.44. The van der Waals surface area contributed by atoms with Crippen molar-refractivity contribution in [2.24, 2.45) is 17.8 Å². The Morgan fingerprint density at radius 3 is 2.12 bits per heavy atom. The Morgan fingerprint density at radius 1 is 1.06 bits per heavy atom. The van der Waals surface area contributed by atoms with Crippen LogP contribution in [-0.4, -0.2) is 37.0 Å². The van der Waals surface area contributed by atoms with E-state index in [4.69, 9.17) is 4.74 Å². The highest BCUT2D eigenvalue weighted by Crippen LogP contribution is 2.37. The van der Waals surface area contributed by atoms with Crippen LogP contribution in [0.5, 0.6) is 0 Å². The number of methoxy groups -OCH3 is 1. The van der Waals surface area contributed by atoms with E-state index in [2.05, 4.69) is 6.92 Å². The molecular weight excluding hydrogens is 218 g/mol. The number of carbonyl (C=O) groups is 2. The molecule has 2 unspecified atom stereocenters. The number of piperidine rings is 1. The Hall–Kier alpha value is -1.06. The van der Waals surface area contributed by atoms with Gasteiger partial charge in [0.15, 0.2) is 0 Å². The van der Waals surface area contributed by atoms with Crippen molar-refractivity contribution in [2.75, 3.05) is 20.2 Å². The maximum absolute atomic E-state index is 12.2. The molecule has 0 N–H and O–H groups in total. The molecular formula is C13H21NO3. The first kappa shape index (κ1) is 12.4. The zero-order valence-electron chi connectivity index (χ0n) is 10.6. The second-order valence-corrected chi connectivity index (χ2v) is 5.32. The summed E-state index contributed by atoms with van der Waals surface area (Å²) in [5.74, 6) is 0.359. The molecule has 2 rings (SSSR count). The summed E-state index contributed by atoms with van der Waals surface area (Å²) < 4.78 is 4.73. The van der Waals surface area contributed by atoms with E-state index in [9.17, 15) is 9.59 Å². The SMILES string of the molecule is COC(=O)C1CCC1C(=O)N1CCC(C)CC1. The maximum Gasteiger partial charge on any atom is 0.309 e. The summed E-state index contributed by atoms with van der Waals surface area (Å²) in [5, 5.41) is 0. The van der Waals surface area contributed by atoms with E-state index in [0.29, 0.717) is 0 Å². The van der Waals surface area contributed by atoms with Crippen molar-refractivity contribution in [2.45, 2.75) is 32.6 Å². The van der Waals surface area contributed by atoms with Gasteiger partial charge >= 0.3 is 5.97 Å². The van der Waals surface area contributed by atoms with Gasteiger partial charge in [-0.25, -0.2) is 0 Å². The molecule has 0 aromatic carbocycles. The molecule has 1 aliphatic carbocycles. The molecule has 1 amide bonds. The number of likely N-dealkylation sites (tertiary alicyclic amines) is 1. The van der Waals surface area contributed by atoms with Gasteiger partial charge in [-0.15, -0.1) is 0 Å². The second-order valence-electron chi connectivity index (χ2n) is 5.32. The summed E-state index contributed by atoms with van der Waals surface area (Å²) in [6, 6.07) is 0. The van der Waals surface area contributed by atoms with Crippen molar-refractivity contribution in [1.82, 2.24) is 4.90 Å². The molecule has 4 nitrogen and oxygen atoms in total. The largest absolute Gasteiger partial charge is 0.469 e. The fourth-order valence-corrected chi connectivity index (χ4v) is 2.69. The highest BCUT2D eigenvalue weighted by molar-refractivity contribution is 5.87. The van der Waals surface area contributed by atoms with E-state index in [0.717, 1.165) is 44.7 Å². The van der Waals surface area contributed by atoms with Crippen LogP contribution in [0.2, 0.25) is 0 Å². The van der Waals surface area contributed by atoms with Crippen molar-refractivity contribution >= 4 is 11.9 Å². The Kier molecular flexibility index (Phi) is 3.69.